The standard InChI is InChI=1S/C13H14N2O3/c1-3-18-13(17)10-6-4-5-7-11(10)15-12(16)8-9(2)14-15/h4-7H,3,8H2,1-2H3. The Balaban J connectivity index is 2.39. The number of carbonyl (C=O) groups is 2. The molecule has 1 aromatic rings. The molecule has 0 N–H and O–H groups in total. The van der Waals surface area contributed by atoms with Crippen molar-refractivity contribution >= 4 is 23.3 Å². The first kappa shape index (κ1) is 12.3. The summed E-state index contributed by atoms with van der Waals surface area (Å²) >= 11 is 0. The molecule has 0 atom stereocenters. The van der Waals surface area contributed by atoms with E-state index in [1.807, 2.05) is 0 Å². The Hall–Kier alpha value is -2.17. The van der Waals surface area contributed by atoms with E-state index in [1.54, 1.807) is 38.1 Å². The maximum Gasteiger partial charge on any atom is 0.340 e. The van der Waals surface area contributed by atoms with E-state index in [-0.39, 0.29) is 12.3 Å². The van der Waals surface area contributed by atoms with Crippen molar-refractivity contribution in [1.29, 1.82) is 0 Å². The van der Waals surface area contributed by atoms with E-state index in [1.165, 1.54) is 5.01 Å². The van der Waals surface area contributed by atoms with Crippen molar-refractivity contribution in [3.63, 3.8) is 0 Å². The van der Waals surface area contributed by atoms with Crippen LogP contribution in [-0.4, -0.2) is 24.2 Å². The van der Waals surface area contributed by atoms with Gasteiger partial charge in [0.05, 0.1) is 24.3 Å². The van der Waals surface area contributed by atoms with Crippen LogP contribution < -0.4 is 5.01 Å². The smallest absolute Gasteiger partial charge is 0.340 e. The molecule has 0 saturated carbocycles. The van der Waals surface area contributed by atoms with Crippen LogP contribution in [0.1, 0.15) is 30.6 Å². The Morgan fingerprint density at radius 2 is 2.17 bits per heavy atom. The van der Waals surface area contributed by atoms with Gasteiger partial charge in [-0.25, -0.2) is 4.79 Å². The van der Waals surface area contributed by atoms with E-state index in [9.17, 15) is 9.59 Å². The molecule has 94 valence electrons. The minimum absolute atomic E-state index is 0.135. The van der Waals surface area contributed by atoms with Crippen LogP contribution in [0.3, 0.4) is 0 Å². The van der Waals surface area contributed by atoms with E-state index in [2.05, 4.69) is 5.10 Å². The number of esters is 1. The van der Waals surface area contributed by atoms with Gasteiger partial charge in [0, 0.05) is 5.71 Å². The molecule has 5 nitrogen and oxygen atoms in total. The summed E-state index contributed by atoms with van der Waals surface area (Å²) in [5.41, 5.74) is 1.56. The zero-order chi connectivity index (χ0) is 13.1. The molecule has 0 aliphatic carbocycles. The molecule has 0 unspecified atom stereocenters. The van der Waals surface area contributed by atoms with Gasteiger partial charge >= 0.3 is 5.97 Å². The first-order valence-electron chi connectivity index (χ1n) is 5.76. The topological polar surface area (TPSA) is 59.0 Å². The van der Waals surface area contributed by atoms with Crippen LogP contribution in [0.4, 0.5) is 5.69 Å². The molecule has 0 radical (unpaired) electrons. The monoisotopic (exact) mass is 246 g/mol. The van der Waals surface area contributed by atoms with Crippen LogP contribution >= 0.6 is 0 Å². The second kappa shape index (κ2) is 5.00. The fraction of sp³-hybridized carbons (Fsp3) is 0.308. The maximum atomic E-state index is 11.8. The van der Waals surface area contributed by atoms with Gasteiger partial charge in [0.15, 0.2) is 0 Å². The molecule has 2 rings (SSSR count). The molecule has 0 fully saturated rings. The van der Waals surface area contributed by atoms with Crippen LogP contribution in [-0.2, 0) is 9.53 Å². The highest BCUT2D eigenvalue weighted by atomic mass is 16.5. The van der Waals surface area contributed by atoms with E-state index in [0.717, 1.165) is 5.71 Å². The summed E-state index contributed by atoms with van der Waals surface area (Å²) in [6.07, 6.45) is 0.289. The maximum absolute atomic E-state index is 11.8. The van der Waals surface area contributed by atoms with Crippen molar-refractivity contribution in [3.8, 4) is 0 Å². The van der Waals surface area contributed by atoms with Gasteiger partial charge in [0.1, 0.15) is 0 Å². The largest absolute Gasteiger partial charge is 0.462 e. The van der Waals surface area contributed by atoms with E-state index in [4.69, 9.17) is 4.74 Å². The number of hydrogen-bond donors (Lipinski definition) is 0. The minimum Gasteiger partial charge on any atom is -0.462 e. The second-order valence-electron chi connectivity index (χ2n) is 3.96. The fourth-order valence-electron chi connectivity index (χ4n) is 1.78. The number of rotatable bonds is 3. The summed E-state index contributed by atoms with van der Waals surface area (Å²) in [7, 11) is 0. The highest BCUT2D eigenvalue weighted by molar-refractivity contribution is 6.14. The van der Waals surface area contributed by atoms with Gasteiger partial charge in [-0.05, 0) is 26.0 Å². The predicted octanol–water partition coefficient (Wildman–Crippen LogP) is 1.98. The zero-order valence-corrected chi connectivity index (χ0v) is 10.3. The van der Waals surface area contributed by atoms with Gasteiger partial charge < -0.3 is 4.74 Å². The van der Waals surface area contributed by atoms with E-state index >= 15 is 0 Å². The average Bonchev–Trinajstić information content (AvgIpc) is 2.69. The first-order chi connectivity index (χ1) is 8.63. The number of hydrazone groups is 1. The number of anilines is 1. The lowest BCUT2D eigenvalue weighted by atomic mass is 10.1. The Bertz CT molecular complexity index is 523. The molecular formula is C13H14N2O3. The van der Waals surface area contributed by atoms with Gasteiger partial charge in [0.2, 0.25) is 0 Å². The third-order valence-electron chi connectivity index (χ3n) is 2.54. The van der Waals surface area contributed by atoms with E-state index in [0.29, 0.717) is 17.9 Å². The van der Waals surface area contributed by atoms with Crippen LogP contribution in [0.15, 0.2) is 29.4 Å². The van der Waals surface area contributed by atoms with Gasteiger partial charge in [0.25, 0.3) is 5.91 Å². The van der Waals surface area contributed by atoms with Crippen LogP contribution in [0, 0.1) is 0 Å². The van der Waals surface area contributed by atoms with Crippen molar-refractivity contribution in [1.82, 2.24) is 0 Å². The van der Waals surface area contributed by atoms with Crippen LogP contribution in [0.2, 0.25) is 0 Å². The summed E-state index contributed by atoms with van der Waals surface area (Å²) in [5.74, 6) is -0.579. The number of amides is 1. The predicted molar refractivity (Wildman–Crippen MR) is 67.6 cm³/mol. The Morgan fingerprint density at radius 3 is 2.78 bits per heavy atom. The first-order valence-corrected chi connectivity index (χ1v) is 5.76. The molecule has 5 heteroatoms. The molecule has 18 heavy (non-hydrogen) atoms. The lowest BCUT2D eigenvalue weighted by molar-refractivity contribution is -0.116. The lowest BCUT2D eigenvalue weighted by Crippen LogP contribution is -2.22. The van der Waals surface area contributed by atoms with Crippen molar-refractivity contribution in [2.75, 3.05) is 11.6 Å². The molecule has 1 aromatic carbocycles. The van der Waals surface area contributed by atoms with Crippen LogP contribution in [0.25, 0.3) is 0 Å². The summed E-state index contributed by atoms with van der Waals surface area (Å²) in [4.78, 5) is 23.6. The number of carbonyl (C=O) groups excluding carboxylic acids is 2. The SMILES string of the molecule is CCOC(=O)c1ccccc1N1N=C(C)CC1=O. The molecule has 0 bridgehead atoms. The Kier molecular flexibility index (Phi) is 3.41. The minimum atomic E-state index is -0.444. The van der Waals surface area contributed by atoms with Crippen molar-refractivity contribution in [2.24, 2.45) is 5.10 Å². The van der Waals surface area contributed by atoms with Crippen molar-refractivity contribution in [2.45, 2.75) is 20.3 Å². The molecule has 0 aromatic heterocycles. The van der Waals surface area contributed by atoms with Gasteiger partial charge in [-0.2, -0.15) is 10.1 Å². The van der Waals surface area contributed by atoms with E-state index < -0.39 is 5.97 Å². The molecule has 1 heterocycles. The molecule has 1 aliphatic rings. The van der Waals surface area contributed by atoms with Crippen molar-refractivity contribution < 1.29 is 14.3 Å². The van der Waals surface area contributed by atoms with Crippen molar-refractivity contribution in [3.05, 3.63) is 29.8 Å². The fourth-order valence-corrected chi connectivity index (χ4v) is 1.78. The summed E-state index contributed by atoms with van der Waals surface area (Å²) < 4.78 is 4.96. The number of nitrogens with zero attached hydrogens (tertiary/aromatic N) is 2. The summed E-state index contributed by atoms with van der Waals surface area (Å²) in [6, 6.07) is 6.80. The highest BCUT2D eigenvalue weighted by Gasteiger charge is 2.26. The molecular weight excluding hydrogens is 232 g/mol. The third-order valence-corrected chi connectivity index (χ3v) is 2.54. The van der Waals surface area contributed by atoms with Gasteiger partial charge in [-0.3, -0.25) is 4.79 Å². The molecule has 1 amide bonds. The average molecular weight is 246 g/mol. The number of ether oxygens (including phenoxy) is 1. The van der Waals surface area contributed by atoms with Gasteiger partial charge in [-0.15, -0.1) is 0 Å². The normalized spacial score (nSPS) is 14.7. The summed E-state index contributed by atoms with van der Waals surface area (Å²) in [5, 5.41) is 5.40. The molecule has 0 saturated heterocycles. The Labute approximate surface area is 105 Å². The van der Waals surface area contributed by atoms with Crippen LogP contribution in [0.5, 0.6) is 0 Å². The highest BCUT2D eigenvalue weighted by Crippen LogP contribution is 2.25. The third kappa shape index (κ3) is 2.25. The summed E-state index contributed by atoms with van der Waals surface area (Å²) in [6.45, 7) is 3.82. The lowest BCUT2D eigenvalue weighted by Gasteiger charge is -2.15. The molecule has 0 spiro atoms. The quantitative estimate of drug-likeness (QED) is 0.766. The number of para-hydroxylation sites is 1. The number of hydrogen-bond acceptors (Lipinski definition) is 4. The van der Waals surface area contributed by atoms with Gasteiger partial charge in [-0.1, -0.05) is 12.1 Å². The zero-order valence-electron chi connectivity index (χ0n) is 10.3. The molecule has 1 aliphatic heterocycles. The second-order valence-corrected chi connectivity index (χ2v) is 3.96. The number of benzene rings is 1. The Morgan fingerprint density at radius 1 is 1.44 bits per heavy atom.